The number of anilines is 1. The Morgan fingerprint density at radius 1 is 0.902 bits per heavy atom. The monoisotopic (exact) mass is 576 g/mol. The van der Waals surface area contributed by atoms with E-state index in [4.69, 9.17) is 4.42 Å². The first-order chi connectivity index (χ1) is 19.8. The number of benzene rings is 3. The first-order valence-electron chi connectivity index (χ1n) is 12.7. The van der Waals surface area contributed by atoms with Crippen molar-refractivity contribution in [1.29, 1.82) is 0 Å². The number of hydrogen-bond donors (Lipinski definition) is 3. The number of nitrogens with zero attached hydrogens (tertiary/aromatic N) is 2. The van der Waals surface area contributed by atoms with E-state index in [1.54, 1.807) is 42.7 Å². The highest BCUT2D eigenvalue weighted by Crippen LogP contribution is 2.28. The SMILES string of the molecule is O=S(=O)(Nc1ccc(CCNC[C@H](O)c2cccnc2)cc1)c1ccc(-c2cnc(-c3ccc(F)c(F)c3)o2)cc1. The van der Waals surface area contributed by atoms with Gasteiger partial charge in [0.1, 0.15) is 0 Å². The number of hydrogen-bond acceptors (Lipinski definition) is 7. The molecular formula is C30H26F2N4O4S. The molecule has 0 aliphatic carbocycles. The van der Waals surface area contributed by atoms with Crippen molar-refractivity contribution in [2.45, 2.75) is 17.4 Å². The summed E-state index contributed by atoms with van der Waals surface area (Å²) >= 11 is 0. The van der Waals surface area contributed by atoms with Crippen LogP contribution in [0.1, 0.15) is 17.2 Å². The normalized spacial score (nSPS) is 12.3. The van der Waals surface area contributed by atoms with Crippen LogP contribution in [0.5, 0.6) is 0 Å². The zero-order chi connectivity index (χ0) is 28.8. The summed E-state index contributed by atoms with van der Waals surface area (Å²) in [6, 6.07) is 20.0. The first-order valence-corrected chi connectivity index (χ1v) is 14.2. The molecule has 5 aromatic rings. The number of sulfonamides is 1. The maximum Gasteiger partial charge on any atom is 0.261 e. The fourth-order valence-corrected chi connectivity index (χ4v) is 5.14. The van der Waals surface area contributed by atoms with Gasteiger partial charge in [0.05, 0.1) is 17.2 Å². The smallest absolute Gasteiger partial charge is 0.261 e. The van der Waals surface area contributed by atoms with Gasteiger partial charge in [0.2, 0.25) is 5.89 Å². The van der Waals surface area contributed by atoms with Gasteiger partial charge in [-0.25, -0.2) is 22.2 Å². The van der Waals surface area contributed by atoms with E-state index in [0.717, 1.165) is 23.3 Å². The molecule has 3 aromatic carbocycles. The van der Waals surface area contributed by atoms with Crippen LogP contribution in [0, 0.1) is 11.6 Å². The van der Waals surface area contributed by atoms with Crippen molar-refractivity contribution < 1.29 is 26.7 Å². The Hall–Kier alpha value is -4.45. The summed E-state index contributed by atoms with van der Waals surface area (Å²) in [7, 11) is -3.85. The second-order valence-electron chi connectivity index (χ2n) is 9.24. The molecule has 5 rings (SSSR count). The van der Waals surface area contributed by atoms with E-state index in [-0.39, 0.29) is 16.3 Å². The molecule has 41 heavy (non-hydrogen) atoms. The van der Waals surface area contributed by atoms with E-state index in [1.807, 2.05) is 18.2 Å². The molecule has 0 saturated heterocycles. The number of oxazole rings is 1. The third kappa shape index (κ3) is 7.01. The standard InChI is InChI=1S/C30H26F2N4O4S/c31-26-12-7-22(16-27(26)32)30-35-19-29(40-30)21-5-10-25(11-6-21)41(38,39)36-24-8-3-20(4-9-24)13-15-34-18-28(37)23-2-1-14-33-17-23/h1-12,14,16-17,19,28,34,36-37H,13,15,18H2/t28-/m0/s1. The molecular weight excluding hydrogens is 550 g/mol. The maximum absolute atomic E-state index is 13.5. The number of rotatable bonds is 11. The number of aliphatic hydroxyl groups excluding tert-OH is 1. The Balaban J connectivity index is 1.15. The molecule has 8 nitrogen and oxygen atoms in total. The van der Waals surface area contributed by atoms with Crippen molar-refractivity contribution >= 4 is 15.7 Å². The summed E-state index contributed by atoms with van der Waals surface area (Å²) in [5.74, 6) is -1.52. The summed E-state index contributed by atoms with van der Waals surface area (Å²) in [6.07, 6.45) is 4.78. The molecule has 0 radical (unpaired) electrons. The predicted molar refractivity (Wildman–Crippen MR) is 150 cm³/mol. The highest BCUT2D eigenvalue weighted by molar-refractivity contribution is 7.92. The zero-order valence-corrected chi connectivity index (χ0v) is 22.5. The summed E-state index contributed by atoms with van der Waals surface area (Å²) in [5, 5.41) is 13.4. The molecule has 1 atom stereocenters. The van der Waals surface area contributed by atoms with Gasteiger partial charge in [0.15, 0.2) is 17.4 Å². The van der Waals surface area contributed by atoms with Crippen LogP contribution in [0.3, 0.4) is 0 Å². The molecule has 0 amide bonds. The lowest BCUT2D eigenvalue weighted by Crippen LogP contribution is -2.23. The van der Waals surface area contributed by atoms with Crippen molar-refractivity contribution in [2.24, 2.45) is 0 Å². The van der Waals surface area contributed by atoms with E-state index < -0.39 is 27.8 Å². The summed E-state index contributed by atoms with van der Waals surface area (Å²) in [5.41, 5.74) is 3.02. The van der Waals surface area contributed by atoms with Crippen LogP contribution in [-0.2, 0) is 16.4 Å². The van der Waals surface area contributed by atoms with Crippen LogP contribution in [0.25, 0.3) is 22.8 Å². The van der Waals surface area contributed by atoms with Crippen molar-refractivity contribution in [3.8, 4) is 22.8 Å². The van der Waals surface area contributed by atoms with Gasteiger partial charge in [0.25, 0.3) is 10.0 Å². The predicted octanol–water partition coefficient (Wildman–Crippen LogP) is 5.35. The second kappa shape index (κ2) is 12.4. The second-order valence-corrected chi connectivity index (χ2v) is 10.9. The average molecular weight is 577 g/mol. The molecule has 3 N–H and O–H groups in total. The Morgan fingerprint density at radius 3 is 2.37 bits per heavy atom. The van der Waals surface area contributed by atoms with E-state index in [0.29, 0.717) is 36.5 Å². The first kappa shape index (κ1) is 28.1. The quantitative estimate of drug-likeness (QED) is 0.182. The molecule has 0 saturated carbocycles. The average Bonchev–Trinajstić information content (AvgIpc) is 3.48. The lowest BCUT2D eigenvalue weighted by molar-refractivity contribution is 0.174. The lowest BCUT2D eigenvalue weighted by atomic mass is 10.1. The fraction of sp³-hybridized carbons (Fsp3) is 0.133. The Labute approximate surface area is 235 Å². The van der Waals surface area contributed by atoms with Gasteiger partial charge >= 0.3 is 0 Å². The molecule has 2 heterocycles. The Morgan fingerprint density at radius 2 is 1.66 bits per heavy atom. The molecule has 0 unspecified atom stereocenters. The van der Waals surface area contributed by atoms with Gasteiger partial charge in [-0.3, -0.25) is 9.71 Å². The van der Waals surface area contributed by atoms with Gasteiger partial charge in [-0.1, -0.05) is 18.2 Å². The molecule has 210 valence electrons. The summed E-state index contributed by atoms with van der Waals surface area (Å²) in [6.45, 7) is 1.04. The summed E-state index contributed by atoms with van der Waals surface area (Å²) < 4.78 is 60.8. The number of nitrogens with one attached hydrogen (secondary N) is 2. The van der Waals surface area contributed by atoms with Gasteiger partial charge < -0.3 is 14.8 Å². The van der Waals surface area contributed by atoms with Crippen molar-refractivity contribution in [3.63, 3.8) is 0 Å². The maximum atomic E-state index is 13.5. The van der Waals surface area contributed by atoms with Crippen LogP contribution >= 0.6 is 0 Å². The molecule has 0 spiro atoms. The number of pyridine rings is 1. The lowest BCUT2D eigenvalue weighted by Gasteiger charge is -2.12. The van der Waals surface area contributed by atoms with Gasteiger partial charge in [0, 0.05) is 41.3 Å². The van der Waals surface area contributed by atoms with Gasteiger partial charge in [-0.2, -0.15) is 0 Å². The van der Waals surface area contributed by atoms with Crippen LogP contribution in [-0.4, -0.2) is 36.6 Å². The van der Waals surface area contributed by atoms with Crippen LogP contribution in [0.4, 0.5) is 14.5 Å². The van der Waals surface area contributed by atoms with Gasteiger partial charge in [-0.05, 0) is 79.2 Å². The van der Waals surface area contributed by atoms with Crippen LogP contribution in [0.15, 0.2) is 107 Å². The third-order valence-electron chi connectivity index (χ3n) is 6.32. The van der Waals surface area contributed by atoms with Crippen molar-refractivity contribution in [2.75, 3.05) is 17.8 Å². The van der Waals surface area contributed by atoms with Crippen molar-refractivity contribution in [1.82, 2.24) is 15.3 Å². The molecule has 0 fully saturated rings. The minimum Gasteiger partial charge on any atom is -0.436 e. The zero-order valence-electron chi connectivity index (χ0n) is 21.7. The molecule has 0 aliphatic rings. The van der Waals surface area contributed by atoms with E-state index in [1.165, 1.54) is 24.4 Å². The largest absolute Gasteiger partial charge is 0.436 e. The van der Waals surface area contributed by atoms with Crippen molar-refractivity contribution in [3.05, 3.63) is 120 Å². The molecule has 2 aromatic heterocycles. The minimum atomic E-state index is -3.85. The Bertz CT molecular complexity index is 1710. The van der Waals surface area contributed by atoms with Crippen LogP contribution in [0.2, 0.25) is 0 Å². The number of aromatic nitrogens is 2. The number of aliphatic hydroxyl groups is 1. The van der Waals surface area contributed by atoms with E-state index in [2.05, 4.69) is 20.0 Å². The van der Waals surface area contributed by atoms with E-state index in [9.17, 15) is 22.3 Å². The highest BCUT2D eigenvalue weighted by Gasteiger charge is 2.16. The topological polar surface area (TPSA) is 117 Å². The highest BCUT2D eigenvalue weighted by atomic mass is 32.2. The van der Waals surface area contributed by atoms with Gasteiger partial charge in [-0.15, -0.1) is 0 Å². The summed E-state index contributed by atoms with van der Waals surface area (Å²) in [4.78, 5) is 8.17. The van der Waals surface area contributed by atoms with Crippen LogP contribution < -0.4 is 10.0 Å². The number of halogens is 2. The Kier molecular flexibility index (Phi) is 8.48. The third-order valence-corrected chi connectivity index (χ3v) is 7.72. The molecule has 0 bridgehead atoms. The van der Waals surface area contributed by atoms with E-state index >= 15 is 0 Å². The minimum absolute atomic E-state index is 0.0574. The molecule has 11 heteroatoms. The molecule has 0 aliphatic heterocycles. The fourth-order valence-electron chi connectivity index (χ4n) is 4.08.